The van der Waals surface area contributed by atoms with E-state index in [-0.39, 0.29) is 0 Å². The summed E-state index contributed by atoms with van der Waals surface area (Å²) >= 11 is 2.14. The monoisotopic (exact) mass is 192 g/mol. The molecule has 1 heteroatoms. The maximum absolute atomic E-state index is 2.31. The summed E-state index contributed by atoms with van der Waals surface area (Å²) in [4.78, 5) is 0. The number of thioether (sulfide) groups is 1. The van der Waals surface area contributed by atoms with E-state index in [4.69, 9.17) is 0 Å². The Kier molecular flexibility index (Phi) is 2.63. The Morgan fingerprint density at radius 3 is 2.46 bits per heavy atom. The lowest BCUT2D eigenvalue weighted by molar-refractivity contribution is 0.852. The highest BCUT2D eigenvalue weighted by Gasteiger charge is 2.40. The molecule has 0 aliphatic heterocycles. The molecule has 0 amide bonds. The maximum Gasteiger partial charge on any atom is 0.0190 e. The molecule has 2 rings (SSSR count). The number of benzene rings is 1. The van der Waals surface area contributed by atoms with Crippen LogP contribution in [0, 0.1) is 0 Å². The van der Waals surface area contributed by atoms with Crippen molar-refractivity contribution in [2.75, 3.05) is 0 Å². The topological polar surface area (TPSA) is 0 Å². The zero-order valence-corrected chi connectivity index (χ0v) is 8.94. The SMILES string of the molecule is CCC1(SCc2ccccc2)CC1. The lowest BCUT2D eigenvalue weighted by Gasteiger charge is -2.11. The van der Waals surface area contributed by atoms with Crippen molar-refractivity contribution < 1.29 is 0 Å². The van der Waals surface area contributed by atoms with Gasteiger partial charge in [-0.2, -0.15) is 11.8 Å². The number of hydrogen-bond donors (Lipinski definition) is 0. The van der Waals surface area contributed by atoms with Gasteiger partial charge >= 0.3 is 0 Å². The van der Waals surface area contributed by atoms with Crippen LogP contribution in [0.15, 0.2) is 30.3 Å². The zero-order valence-electron chi connectivity index (χ0n) is 8.12. The molecule has 0 heterocycles. The lowest BCUT2D eigenvalue weighted by Crippen LogP contribution is -1.99. The number of hydrogen-bond acceptors (Lipinski definition) is 1. The Hall–Kier alpha value is -0.430. The van der Waals surface area contributed by atoms with Gasteiger partial charge in [-0.15, -0.1) is 0 Å². The fourth-order valence-electron chi connectivity index (χ4n) is 1.55. The van der Waals surface area contributed by atoms with Crippen molar-refractivity contribution >= 4 is 11.8 Å². The molecule has 1 aromatic carbocycles. The minimum Gasteiger partial charge on any atom is -0.150 e. The molecule has 0 aromatic heterocycles. The van der Waals surface area contributed by atoms with E-state index in [0.29, 0.717) is 4.75 Å². The second-order valence-corrected chi connectivity index (χ2v) is 5.25. The number of rotatable bonds is 4. The molecule has 0 N–H and O–H groups in total. The average Bonchev–Trinajstić information content (AvgIpc) is 2.97. The van der Waals surface area contributed by atoms with E-state index < -0.39 is 0 Å². The van der Waals surface area contributed by atoms with Crippen molar-refractivity contribution in [3.05, 3.63) is 35.9 Å². The summed E-state index contributed by atoms with van der Waals surface area (Å²) in [6.07, 6.45) is 4.20. The van der Waals surface area contributed by atoms with Crippen molar-refractivity contribution in [3.63, 3.8) is 0 Å². The van der Waals surface area contributed by atoms with Gasteiger partial charge in [0.1, 0.15) is 0 Å². The zero-order chi connectivity index (χ0) is 9.15. The Balaban J connectivity index is 1.86. The molecule has 13 heavy (non-hydrogen) atoms. The molecule has 0 radical (unpaired) electrons. The molecule has 70 valence electrons. The predicted molar refractivity (Wildman–Crippen MR) is 60.0 cm³/mol. The van der Waals surface area contributed by atoms with Gasteiger partial charge in [0.15, 0.2) is 0 Å². The first-order chi connectivity index (χ1) is 6.35. The molecule has 0 saturated heterocycles. The first kappa shape index (κ1) is 9.14. The van der Waals surface area contributed by atoms with Crippen LogP contribution in [-0.4, -0.2) is 4.75 Å². The predicted octanol–water partition coefficient (Wildman–Crippen LogP) is 3.86. The van der Waals surface area contributed by atoms with Crippen molar-refractivity contribution in [1.82, 2.24) is 0 Å². The molecular weight excluding hydrogens is 176 g/mol. The minimum absolute atomic E-state index is 0.663. The van der Waals surface area contributed by atoms with Gasteiger partial charge in [0, 0.05) is 10.5 Å². The van der Waals surface area contributed by atoms with Gasteiger partial charge in [0.05, 0.1) is 0 Å². The van der Waals surface area contributed by atoms with E-state index in [9.17, 15) is 0 Å². The average molecular weight is 192 g/mol. The fourth-order valence-corrected chi connectivity index (χ4v) is 2.81. The maximum atomic E-state index is 2.31. The third-order valence-corrected chi connectivity index (χ3v) is 4.63. The van der Waals surface area contributed by atoms with Crippen LogP contribution >= 0.6 is 11.8 Å². The van der Waals surface area contributed by atoms with Crippen molar-refractivity contribution in [1.29, 1.82) is 0 Å². The first-order valence-corrected chi connectivity index (χ1v) is 6.01. The first-order valence-electron chi connectivity index (χ1n) is 5.02. The molecule has 0 spiro atoms. The van der Waals surface area contributed by atoms with Gasteiger partial charge in [-0.1, -0.05) is 37.3 Å². The summed E-state index contributed by atoms with van der Waals surface area (Å²) in [6.45, 7) is 2.31. The summed E-state index contributed by atoms with van der Waals surface area (Å²) in [5.41, 5.74) is 1.47. The van der Waals surface area contributed by atoms with Crippen LogP contribution < -0.4 is 0 Å². The normalized spacial score (nSPS) is 18.5. The second kappa shape index (κ2) is 3.75. The van der Waals surface area contributed by atoms with Crippen LogP contribution in [-0.2, 0) is 5.75 Å². The summed E-state index contributed by atoms with van der Waals surface area (Å²) < 4.78 is 0.663. The van der Waals surface area contributed by atoms with Crippen LogP contribution in [0.4, 0.5) is 0 Å². The molecule has 1 aliphatic rings. The van der Waals surface area contributed by atoms with Gasteiger partial charge in [-0.25, -0.2) is 0 Å². The molecule has 1 aliphatic carbocycles. The van der Waals surface area contributed by atoms with Crippen molar-refractivity contribution in [2.24, 2.45) is 0 Å². The van der Waals surface area contributed by atoms with E-state index >= 15 is 0 Å². The lowest BCUT2D eigenvalue weighted by atomic mass is 10.2. The van der Waals surface area contributed by atoms with Crippen LogP contribution in [0.1, 0.15) is 31.7 Å². The molecule has 0 unspecified atom stereocenters. The van der Waals surface area contributed by atoms with Crippen LogP contribution in [0.3, 0.4) is 0 Å². The highest BCUT2D eigenvalue weighted by atomic mass is 32.2. The van der Waals surface area contributed by atoms with Gasteiger partial charge in [0.25, 0.3) is 0 Å². The van der Waals surface area contributed by atoms with E-state index in [1.54, 1.807) is 0 Å². The summed E-state index contributed by atoms with van der Waals surface area (Å²) in [5, 5.41) is 0. The Morgan fingerprint density at radius 2 is 1.92 bits per heavy atom. The van der Waals surface area contributed by atoms with E-state index in [1.807, 2.05) is 0 Å². The fraction of sp³-hybridized carbons (Fsp3) is 0.500. The standard InChI is InChI=1S/C12H16S/c1-2-12(8-9-12)13-10-11-6-4-3-5-7-11/h3-7H,2,8-10H2,1H3. The molecule has 1 fully saturated rings. The van der Waals surface area contributed by atoms with Gasteiger partial charge < -0.3 is 0 Å². The summed E-state index contributed by atoms with van der Waals surface area (Å²) in [5.74, 6) is 1.19. The molecule has 1 saturated carbocycles. The van der Waals surface area contributed by atoms with Gasteiger partial charge in [-0.05, 0) is 24.8 Å². The second-order valence-electron chi connectivity index (χ2n) is 3.81. The van der Waals surface area contributed by atoms with E-state index in [2.05, 4.69) is 49.0 Å². The molecule has 0 nitrogen and oxygen atoms in total. The summed E-state index contributed by atoms with van der Waals surface area (Å²) in [7, 11) is 0. The van der Waals surface area contributed by atoms with Gasteiger partial charge in [-0.3, -0.25) is 0 Å². The van der Waals surface area contributed by atoms with Crippen molar-refractivity contribution in [2.45, 2.75) is 36.7 Å². The highest BCUT2D eigenvalue weighted by molar-refractivity contribution is 8.00. The largest absolute Gasteiger partial charge is 0.150 e. The van der Waals surface area contributed by atoms with Gasteiger partial charge in [0.2, 0.25) is 0 Å². The van der Waals surface area contributed by atoms with Crippen LogP contribution in [0.5, 0.6) is 0 Å². The van der Waals surface area contributed by atoms with E-state index in [0.717, 1.165) is 0 Å². The Bertz CT molecular complexity index is 262. The van der Waals surface area contributed by atoms with E-state index in [1.165, 1.54) is 30.6 Å². The Morgan fingerprint density at radius 1 is 1.23 bits per heavy atom. The minimum atomic E-state index is 0.663. The molecular formula is C12H16S. The highest BCUT2D eigenvalue weighted by Crippen LogP contribution is 2.51. The summed E-state index contributed by atoms with van der Waals surface area (Å²) in [6, 6.07) is 10.8. The molecule has 0 atom stereocenters. The van der Waals surface area contributed by atoms with Crippen LogP contribution in [0.25, 0.3) is 0 Å². The third-order valence-electron chi connectivity index (χ3n) is 2.84. The quantitative estimate of drug-likeness (QED) is 0.698. The third kappa shape index (κ3) is 2.28. The molecule has 0 bridgehead atoms. The van der Waals surface area contributed by atoms with Crippen LogP contribution in [0.2, 0.25) is 0 Å². The smallest absolute Gasteiger partial charge is 0.0190 e. The Labute approximate surface area is 84.7 Å². The van der Waals surface area contributed by atoms with Crippen molar-refractivity contribution in [3.8, 4) is 0 Å². The molecule has 1 aromatic rings.